The fourth-order valence-corrected chi connectivity index (χ4v) is 2.34. The number of aliphatic hydroxyl groups excluding tert-OH is 1. The van der Waals surface area contributed by atoms with E-state index in [0.717, 1.165) is 12.0 Å². The van der Waals surface area contributed by atoms with Crippen molar-refractivity contribution in [3.8, 4) is 0 Å². The molecule has 2 N–H and O–H groups in total. The number of amides is 1. The molecule has 1 unspecified atom stereocenters. The van der Waals surface area contributed by atoms with Gasteiger partial charge < -0.3 is 10.4 Å². The molecule has 0 heterocycles. The normalized spacial score (nSPS) is 16.2. The zero-order valence-corrected chi connectivity index (χ0v) is 11.8. The van der Waals surface area contributed by atoms with Gasteiger partial charge >= 0.3 is 0 Å². The van der Waals surface area contributed by atoms with Gasteiger partial charge in [-0.05, 0) is 37.2 Å². The Morgan fingerprint density at radius 3 is 2.75 bits per heavy atom. The van der Waals surface area contributed by atoms with Crippen LogP contribution in [0.4, 0.5) is 0 Å². The number of carbonyl (C=O) groups excluding carboxylic acids is 1. The summed E-state index contributed by atoms with van der Waals surface area (Å²) in [6.45, 7) is 0.148. The second kappa shape index (κ2) is 7.85. The van der Waals surface area contributed by atoms with Gasteiger partial charge in [0.25, 0.3) is 0 Å². The molecule has 0 aliphatic heterocycles. The maximum Gasteiger partial charge on any atom is 0.220 e. The van der Waals surface area contributed by atoms with E-state index in [0.29, 0.717) is 18.8 Å². The highest BCUT2D eigenvalue weighted by Gasteiger charge is 2.31. The first kappa shape index (κ1) is 14.8. The van der Waals surface area contributed by atoms with Crippen molar-refractivity contribution >= 4 is 12.0 Å². The van der Waals surface area contributed by atoms with Gasteiger partial charge in [-0.3, -0.25) is 4.79 Å². The predicted molar refractivity (Wildman–Crippen MR) is 81.1 cm³/mol. The number of allylic oxidation sites excluding steroid dienone is 1. The third kappa shape index (κ3) is 5.17. The Hall–Kier alpha value is -1.61. The van der Waals surface area contributed by atoms with Gasteiger partial charge in [-0.15, -0.1) is 0 Å². The maximum atomic E-state index is 11.8. The van der Waals surface area contributed by atoms with E-state index in [-0.39, 0.29) is 18.6 Å². The van der Waals surface area contributed by atoms with Crippen LogP contribution in [-0.2, 0) is 4.79 Å². The average molecular weight is 273 g/mol. The Kier molecular flexibility index (Phi) is 5.81. The van der Waals surface area contributed by atoms with Crippen LogP contribution in [0.1, 0.15) is 37.7 Å². The molecule has 2 rings (SSSR count). The lowest BCUT2D eigenvalue weighted by Gasteiger charge is -2.16. The SMILES string of the molecule is O=C(CC/C=C/c1ccccc1)NC(CCO)C1CC1. The highest BCUT2D eigenvalue weighted by molar-refractivity contribution is 5.76. The van der Waals surface area contributed by atoms with Crippen molar-refractivity contribution in [3.63, 3.8) is 0 Å². The second-order valence-corrected chi connectivity index (χ2v) is 5.38. The summed E-state index contributed by atoms with van der Waals surface area (Å²) in [7, 11) is 0. The zero-order valence-electron chi connectivity index (χ0n) is 11.8. The van der Waals surface area contributed by atoms with Crippen molar-refractivity contribution in [2.45, 2.75) is 38.1 Å². The topological polar surface area (TPSA) is 49.3 Å². The lowest BCUT2D eigenvalue weighted by molar-refractivity contribution is -0.121. The molecule has 0 radical (unpaired) electrons. The first-order valence-electron chi connectivity index (χ1n) is 7.41. The van der Waals surface area contributed by atoms with E-state index in [4.69, 9.17) is 5.11 Å². The van der Waals surface area contributed by atoms with Crippen LogP contribution < -0.4 is 5.32 Å². The van der Waals surface area contributed by atoms with Crippen LogP contribution in [0.2, 0.25) is 0 Å². The average Bonchev–Trinajstić information content (AvgIpc) is 3.29. The molecule has 0 spiro atoms. The monoisotopic (exact) mass is 273 g/mol. The van der Waals surface area contributed by atoms with E-state index in [1.165, 1.54) is 12.8 Å². The van der Waals surface area contributed by atoms with E-state index in [1.807, 2.05) is 42.5 Å². The van der Waals surface area contributed by atoms with Gasteiger partial charge in [-0.25, -0.2) is 0 Å². The standard InChI is InChI=1S/C17H23NO2/c19-13-12-16(15-10-11-15)18-17(20)9-5-4-8-14-6-2-1-3-7-14/h1-4,6-8,15-16,19H,5,9-13H2,(H,18,20)/b8-4+. The highest BCUT2D eigenvalue weighted by Crippen LogP contribution is 2.33. The summed E-state index contributed by atoms with van der Waals surface area (Å²) in [6, 6.07) is 10.3. The molecule has 1 aromatic rings. The number of hydrogen-bond acceptors (Lipinski definition) is 2. The molecule has 1 aliphatic rings. The molecule has 3 nitrogen and oxygen atoms in total. The van der Waals surface area contributed by atoms with Gasteiger partial charge in [0.15, 0.2) is 0 Å². The van der Waals surface area contributed by atoms with Crippen LogP contribution in [0.25, 0.3) is 6.08 Å². The Morgan fingerprint density at radius 2 is 2.10 bits per heavy atom. The van der Waals surface area contributed by atoms with E-state index >= 15 is 0 Å². The Morgan fingerprint density at radius 1 is 1.35 bits per heavy atom. The highest BCUT2D eigenvalue weighted by atomic mass is 16.3. The van der Waals surface area contributed by atoms with Crippen molar-refractivity contribution in [1.82, 2.24) is 5.32 Å². The summed E-state index contributed by atoms with van der Waals surface area (Å²) >= 11 is 0. The zero-order chi connectivity index (χ0) is 14.2. The van der Waals surface area contributed by atoms with Crippen molar-refractivity contribution in [3.05, 3.63) is 42.0 Å². The summed E-state index contributed by atoms with van der Waals surface area (Å²) < 4.78 is 0. The van der Waals surface area contributed by atoms with Gasteiger partial charge in [-0.1, -0.05) is 42.5 Å². The third-order valence-electron chi connectivity index (χ3n) is 3.63. The number of rotatable bonds is 8. The summed E-state index contributed by atoms with van der Waals surface area (Å²) in [5.74, 6) is 0.680. The van der Waals surface area contributed by atoms with Crippen molar-refractivity contribution in [2.24, 2.45) is 5.92 Å². The summed E-state index contributed by atoms with van der Waals surface area (Å²) in [4.78, 5) is 11.8. The van der Waals surface area contributed by atoms with Gasteiger partial charge in [0.2, 0.25) is 5.91 Å². The van der Waals surface area contributed by atoms with Crippen molar-refractivity contribution in [2.75, 3.05) is 6.61 Å². The maximum absolute atomic E-state index is 11.8. The number of benzene rings is 1. The predicted octanol–water partition coefficient (Wildman–Crippen LogP) is 2.76. The van der Waals surface area contributed by atoms with E-state index in [9.17, 15) is 4.79 Å². The molecule has 0 aromatic heterocycles. The fourth-order valence-electron chi connectivity index (χ4n) is 2.34. The molecule has 0 bridgehead atoms. The Labute approximate surface area is 120 Å². The number of nitrogens with one attached hydrogen (secondary N) is 1. The minimum absolute atomic E-state index is 0.0908. The van der Waals surface area contributed by atoms with Gasteiger partial charge in [0.1, 0.15) is 0 Å². The van der Waals surface area contributed by atoms with Crippen molar-refractivity contribution in [1.29, 1.82) is 0 Å². The molecule has 1 fully saturated rings. The molecule has 1 aromatic carbocycles. The minimum Gasteiger partial charge on any atom is -0.396 e. The molecule has 20 heavy (non-hydrogen) atoms. The second-order valence-electron chi connectivity index (χ2n) is 5.38. The first-order valence-corrected chi connectivity index (χ1v) is 7.41. The molecule has 1 atom stereocenters. The lowest BCUT2D eigenvalue weighted by atomic mass is 10.1. The van der Waals surface area contributed by atoms with Crippen LogP contribution in [0, 0.1) is 5.92 Å². The molecule has 1 aliphatic carbocycles. The molecule has 108 valence electrons. The summed E-state index contributed by atoms with van der Waals surface area (Å²) in [6.07, 6.45) is 8.37. The number of aliphatic hydroxyl groups is 1. The van der Waals surface area contributed by atoms with Gasteiger partial charge in [-0.2, -0.15) is 0 Å². The van der Waals surface area contributed by atoms with Crippen LogP contribution in [0.3, 0.4) is 0 Å². The molecular formula is C17H23NO2. The number of hydrogen-bond donors (Lipinski definition) is 2. The van der Waals surface area contributed by atoms with Crippen LogP contribution in [0.15, 0.2) is 36.4 Å². The molecule has 0 saturated heterocycles. The van der Waals surface area contributed by atoms with Crippen LogP contribution >= 0.6 is 0 Å². The molecular weight excluding hydrogens is 250 g/mol. The molecule has 1 amide bonds. The summed E-state index contributed by atoms with van der Waals surface area (Å²) in [5.41, 5.74) is 1.16. The van der Waals surface area contributed by atoms with Gasteiger partial charge in [0.05, 0.1) is 0 Å². The first-order chi connectivity index (χ1) is 9.79. The van der Waals surface area contributed by atoms with E-state index in [2.05, 4.69) is 5.32 Å². The van der Waals surface area contributed by atoms with Crippen LogP contribution in [-0.4, -0.2) is 23.7 Å². The van der Waals surface area contributed by atoms with Crippen molar-refractivity contribution < 1.29 is 9.90 Å². The summed E-state index contributed by atoms with van der Waals surface area (Å²) in [5, 5.41) is 12.0. The molecule has 3 heteroatoms. The lowest BCUT2D eigenvalue weighted by Crippen LogP contribution is -2.36. The largest absolute Gasteiger partial charge is 0.396 e. The number of carbonyl (C=O) groups is 1. The van der Waals surface area contributed by atoms with E-state index < -0.39 is 0 Å². The van der Waals surface area contributed by atoms with Crippen LogP contribution in [0.5, 0.6) is 0 Å². The van der Waals surface area contributed by atoms with E-state index in [1.54, 1.807) is 0 Å². The fraction of sp³-hybridized carbons (Fsp3) is 0.471. The Balaban J connectivity index is 1.68. The van der Waals surface area contributed by atoms with Gasteiger partial charge in [0, 0.05) is 19.1 Å². The molecule has 1 saturated carbocycles. The Bertz CT molecular complexity index is 438. The smallest absolute Gasteiger partial charge is 0.220 e. The third-order valence-corrected chi connectivity index (χ3v) is 3.63. The minimum atomic E-state index is 0.0908. The quantitative estimate of drug-likeness (QED) is 0.765.